The van der Waals surface area contributed by atoms with Crippen molar-refractivity contribution in [3.05, 3.63) is 40.6 Å². The number of phenols is 2. The highest BCUT2D eigenvalue weighted by Gasteiger charge is 2.44. The van der Waals surface area contributed by atoms with Crippen LogP contribution in [0, 0.1) is 0 Å². The maximum absolute atomic E-state index is 13.6. The van der Waals surface area contributed by atoms with E-state index in [1.165, 1.54) is 38.3 Å². The Kier molecular flexibility index (Phi) is 6.78. The van der Waals surface area contributed by atoms with Gasteiger partial charge in [0.05, 0.1) is 13.2 Å². The average molecular weight is 504 g/mol. The first-order chi connectivity index (χ1) is 17.0. The summed E-state index contributed by atoms with van der Waals surface area (Å²) in [5, 5.41) is 50.4. The van der Waals surface area contributed by atoms with Gasteiger partial charge in [-0.15, -0.1) is 0 Å². The van der Waals surface area contributed by atoms with Gasteiger partial charge in [0.25, 0.3) is 0 Å². The largest absolute Gasteiger partial charge is 0.508 e. The van der Waals surface area contributed by atoms with Crippen LogP contribution < -0.4 is 19.6 Å². The van der Waals surface area contributed by atoms with Crippen LogP contribution in [-0.2, 0) is 9.53 Å². The van der Waals surface area contributed by atoms with Gasteiger partial charge in [-0.25, -0.2) is 0 Å². The number of ether oxygens (including phenoxy) is 4. The van der Waals surface area contributed by atoms with E-state index in [4.69, 9.17) is 23.4 Å². The summed E-state index contributed by atoms with van der Waals surface area (Å²) in [6.07, 6.45) is -7.38. The molecule has 0 spiro atoms. The molecule has 12 heteroatoms. The van der Waals surface area contributed by atoms with E-state index >= 15 is 0 Å². The van der Waals surface area contributed by atoms with Crippen LogP contribution >= 0.6 is 0 Å². The summed E-state index contributed by atoms with van der Waals surface area (Å²) in [6, 6.07) is 6.48. The Bertz CT molecular complexity index is 1350. The fraction of sp³-hybridized carbons (Fsp3) is 0.333. The molecule has 0 amide bonds. The number of benzene rings is 2. The number of carbonyl (C=O) groups excluding carboxylic acids is 1. The molecule has 0 aliphatic carbocycles. The van der Waals surface area contributed by atoms with E-state index in [9.17, 15) is 35.1 Å². The summed E-state index contributed by atoms with van der Waals surface area (Å²) in [5.74, 6) is -2.55. The molecular formula is C24H24O12. The van der Waals surface area contributed by atoms with Crippen molar-refractivity contribution in [3.8, 4) is 40.1 Å². The lowest BCUT2D eigenvalue weighted by molar-refractivity contribution is -0.268. The molecule has 3 aromatic rings. The minimum Gasteiger partial charge on any atom is -0.508 e. The predicted octanol–water partition coefficient (Wildman–Crippen LogP) is 1.01. The van der Waals surface area contributed by atoms with E-state index in [0.29, 0.717) is 0 Å². The van der Waals surface area contributed by atoms with Crippen LogP contribution in [0.15, 0.2) is 39.5 Å². The number of fused-ring (bicyclic) bond motifs is 1. The molecule has 2 aromatic carbocycles. The lowest BCUT2D eigenvalue weighted by Gasteiger charge is -2.38. The zero-order valence-electron chi connectivity index (χ0n) is 19.4. The van der Waals surface area contributed by atoms with Gasteiger partial charge < -0.3 is 48.9 Å². The SMILES string of the molecule is COc1cc(O)c2c(=O)c(O[C@@H]3O[C@H](C)[C@H](O)[C@@H](O)[C@H]3O)c(-c3ccc(O)cc3)oc2c1OC(C)=O. The Morgan fingerprint density at radius 2 is 1.67 bits per heavy atom. The van der Waals surface area contributed by atoms with Crippen molar-refractivity contribution >= 4 is 16.9 Å². The van der Waals surface area contributed by atoms with Crippen LogP contribution in [0.25, 0.3) is 22.3 Å². The number of carbonyl (C=O) groups is 1. The molecule has 1 saturated heterocycles. The third-order valence-corrected chi connectivity index (χ3v) is 5.66. The lowest BCUT2D eigenvalue weighted by Crippen LogP contribution is -2.58. The second-order valence-corrected chi connectivity index (χ2v) is 8.16. The maximum atomic E-state index is 13.6. The van der Waals surface area contributed by atoms with Crippen molar-refractivity contribution in [3.63, 3.8) is 0 Å². The summed E-state index contributed by atoms with van der Waals surface area (Å²) in [7, 11) is 1.26. The van der Waals surface area contributed by atoms with Crippen molar-refractivity contribution in [2.75, 3.05) is 7.11 Å². The minimum absolute atomic E-state index is 0.0822. The molecule has 12 nitrogen and oxygen atoms in total. The van der Waals surface area contributed by atoms with Crippen molar-refractivity contribution in [2.24, 2.45) is 0 Å². The lowest BCUT2D eigenvalue weighted by atomic mass is 10.00. The van der Waals surface area contributed by atoms with Gasteiger partial charge in [0.1, 0.15) is 35.2 Å². The van der Waals surface area contributed by atoms with Gasteiger partial charge >= 0.3 is 5.97 Å². The normalized spacial score (nSPS) is 23.9. The summed E-state index contributed by atoms with van der Waals surface area (Å²) in [6.45, 7) is 2.56. The second kappa shape index (κ2) is 9.66. The standard InChI is InChI=1S/C24H24O12/c1-9-16(28)18(30)19(31)24(33-9)36-23-17(29)15-13(27)8-14(32-3)21(34-10(2)25)22(15)35-20(23)11-4-6-12(26)7-5-11/h4-9,16,18-19,24,26-28,30-31H,1-3H3/t9-,16+,18-,19-,24+/m1/s1. The molecule has 0 saturated carbocycles. The van der Waals surface area contributed by atoms with Crippen LogP contribution in [0.4, 0.5) is 0 Å². The molecule has 0 bridgehead atoms. The second-order valence-electron chi connectivity index (χ2n) is 8.16. The first-order valence-electron chi connectivity index (χ1n) is 10.8. The molecule has 192 valence electrons. The molecule has 1 aliphatic rings. The molecule has 1 aliphatic heterocycles. The van der Waals surface area contributed by atoms with Gasteiger partial charge in [0.15, 0.2) is 17.1 Å². The van der Waals surface area contributed by atoms with Crippen molar-refractivity contribution in [2.45, 2.75) is 44.6 Å². The van der Waals surface area contributed by atoms with Gasteiger partial charge in [0.2, 0.25) is 23.2 Å². The van der Waals surface area contributed by atoms with Gasteiger partial charge in [0, 0.05) is 18.6 Å². The number of aliphatic hydroxyl groups excluding tert-OH is 3. The molecule has 1 fully saturated rings. The number of aliphatic hydroxyl groups is 3. The average Bonchev–Trinajstić information content (AvgIpc) is 2.84. The van der Waals surface area contributed by atoms with Gasteiger partial charge in [-0.2, -0.15) is 0 Å². The highest BCUT2D eigenvalue weighted by atomic mass is 16.7. The van der Waals surface area contributed by atoms with Crippen LogP contribution in [0.1, 0.15) is 13.8 Å². The molecule has 0 radical (unpaired) electrons. The first kappa shape index (κ1) is 25.3. The zero-order chi connectivity index (χ0) is 26.3. The molecule has 5 N–H and O–H groups in total. The molecule has 5 atom stereocenters. The molecule has 1 aromatic heterocycles. The van der Waals surface area contributed by atoms with Gasteiger partial charge in [-0.05, 0) is 31.2 Å². The Balaban J connectivity index is 1.99. The van der Waals surface area contributed by atoms with E-state index in [2.05, 4.69) is 0 Å². The number of hydrogen-bond donors (Lipinski definition) is 5. The summed E-state index contributed by atoms with van der Waals surface area (Å²) >= 11 is 0. The molecular weight excluding hydrogens is 480 g/mol. The van der Waals surface area contributed by atoms with Crippen LogP contribution in [0.3, 0.4) is 0 Å². The highest BCUT2D eigenvalue weighted by molar-refractivity contribution is 5.94. The number of rotatable bonds is 5. The summed E-state index contributed by atoms with van der Waals surface area (Å²) in [4.78, 5) is 25.4. The third-order valence-electron chi connectivity index (χ3n) is 5.66. The van der Waals surface area contributed by atoms with E-state index in [-0.39, 0.29) is 34.2 Å². The topological polar surface area (TPSA) is 185 Å². The highest BCUT2D eigenvalue weighted by Crippen LogP contribution is 2.44. The van der Waals surface area contributed by atoms with Crippen LogP contribution in [-0.4, -0.2) is 69.3 Å². The third kappa shape index (κ3) is 4.42. The van der Waals surface area contributed by atoms with Crippen molar-refractivity contribution in [1.82, 2.24) is 0 Å². The molecule has 36 heavy (non-hydrogen) atoms. The number of hydrogen-bond acceptors (Lipinski definition) is 12. The molecule has 0 unspecified atom stereocenters. The number of esters is 1. The quantitative estimate of drug-likeness (QED) is 0.246. The smallest absolute Gasteiger partial charge is 0.308 e. The minimum atomic E-state index is -1.75. The fourth-order valence-electron chi connectivity index (χ4n) is 3.81. The number of phenolic OH excluding ortho intramolecular Hbond substituents is 2. The van der Waals surface area contributed by atoms with E-state index in [1.54, 1.807) is 0 Å². The van der Waals surface area contributed by atoms with E-state index in [1.807, 2.05) is 0 Å². The Morgan fingerprint density at radius 1 is 1.00 bits per heavy atom. The maximum Gasteiger partial charge on any atom is 0.308 e. The Morgan fingerprint density at radius 3 is 2.28 bits per heavy atom. The molecule has 2 heterocycles. The van der Waals surface area contributed by atoms with Crippen LogP contribution in [0.5, 0.6) is 28.7 Å². The van der Waals surface area contributed by atoms with Gasteiger partial charge in [-0.3, -0.25) is 9.59 Å². The van der Waals surface area contributed by atoms with Crippen LogP contribution in [0.2, 0.25) is 0 Å². The number of methoxy groups -OCH3 is 1. The predicted molar refractivity (Wildman–Crippen MR) is 122 cm³/mol. The molecule has 4 rings (SSSR count). The van der Waals surface area contributed by atoms with E-state index < -0.39 is 59.0 Å². The zero-order valence-corrected chi connectivity index (χ0v) is 19.4. The Hall–Kier alpha value is -3.84. The summed E-state index contributed by atoms with van der Waals surface area (Å²) < 4.78 is 27.4. The fourth-order valence-corrected chi connectivity index (χ4v) is 3.81. The van der Waals surface area contributed by atoms with Crippen molar-refractivity contribution < 1.29 is 53.7 Å². The first-order valence-corrected chi connectivity index (χ1v) is 10.8. The van der Waals surface area contributed by atoms with Crippen molar-refractivity contribution in [1.29, 1.82) is 0 Å². The summed E-state index contributed by atoms with van der Waals surface area (Å²) in [5.41, 5.74) is -1.05. The van der Waals surface area contributed by atoms with E-state index in [0.717, 1.165) is 13.0 Å². The monoisotopic (exact) mass is 504 g/mol. The number of aromatic hydroxyl groups is 2. The van der Waals surface area contributed by atoms with Gasteiger partial charge in [-0.1, -0.05) is 0 Å². The Labute approximate surface area is 203 Å².